The third kappa shape index (κ3) is 5.86. The highest BCUT2D eigenvalue weighted by Gasteiger charge is 2.20. The highest BCUT2D eigenvalue weighted by Crippen LogP contribution is 2.26. The molecule has 0 unspecified atom stereocenters. The molecule has 0 saturated carbocycles. The van der Waals surface area contributed by atoms with E-state index < -0.39 is 16.0 Å². The molecule has 0 aliphatic carbocycles. The molecule has 0 saturated heterocycles. The number of hydrogen-bond acceptors (Lipinski definition) is 7. The van der Waals surface area contributed by atoms with Gasteiger partial charge in [0.2, 0.25) is 10.0 Å². The molecule has 4 aromatic rings. The normalized spacial score (nSPS) is 11.1. The maximum absolute atomic E-state index is 12.9. The highest BCUT2D eigenvalue weighted by molar-refractivity contribution is 7.89. The number of aromatic nitrogens is 2. The van der Waals surface area contributed by atoms with Crippen LogP contribution < -0.4 is 14.6 Å². The van der Waals surface area contributed by atoms with Gasteiger partial charge >= 0.3 is 5.97 Å². The van der Waals surface area contributed by atoms with E-state index in [1.807, 2.05) is 42.5 Å². The van der Waals surface area contributed by atoms with Crippen molar-refractivity contribution in [2.75, 3.05) is 20.3 Å². The zero-order chi connectivity index (χ0) is 24.8. The Labute approximate surface area is 202 Å². The van der Waals surface area contributed by atoms with Crippen molar-refractivity contribution < 1.29 is 27.4 Å². The molecule has 3 aromatic carbocycles. The molecule has 4 rings (SSSR count). The summed E-state index contributed by atoms with van der Waals surface area (Å²) in [5, 5.41) is 9.70. The lowest BCUT2D eigenvalue weighted by Gasteiger charge is -2.08. The minimum Gasteiger partial charge on any atom is -0.497 e. The zero-order valence-corrected chi connectivity index (χ0v) is 19.6. The molecule has 1 aromatic heterocycles. The lowest BCUT2D eigenvalue weighted by Crippen LogP contribution is -2.13. The minimum atomic E-state index is -3.78. The molecular formula is C25H23N3O6S. The lowest BCUT2D eigenvalue weighted by atomic mass is 10.1. The summed E-state index contributed by atoms with van der Waals surface area (Å²) < 4.78 is 40.5. The van der Waals surface area contributed by atoms with Gasteiger partial charge in [0.25, 0.3) is 0 Å². The van der Waals surface area contributed by atoms with Gasteiger partial charge in [-0.05, 0) is 60.7 Å². The van der Waals surface area contributed by atoms with Crippen LogP contribution >= 0.6 is 0 Å². The van der Waals surface area contributed by atoms with Crippen LogP contribution in [0.25, 0.3) is 16.9 Å². The monoisotopic (exact) mass is 493 g/mol. The van der Waals surface area contributed by atoms with E-state index in [1.165, 1.54) is 24.3 Å². The van der Waals surface area contributed by atoms with Gasteiger partial charge in [-0.25, -0.2) is 23.0 Å². The Kier molecular flexibility index (Phi) is 7.14. The van der Waals surface area contributed by atoms with Crippen molar-refractivity contribution in [1.29, 1.82) is 0 Å². The predicted octanol–water partition coefficient (Wildman–Crippen LogP) is 3.43. The molecule has 180 valence electrons. The molecule has 0 bridgehead atoms. The molecule has 0 aliphatic rings. The van der Waals surface area contributed by atoms with Crippen molar-refractivity contribution >= 4 is 16.0 Å². The number of methoxy groups -OCH3 is 1. The number of nitrogens with zero attached hydrogens (tertiary/aromatic N) is 2. The van der Waals surface area contributed by atoms with Crippen molar-refractivity contribution in [2.45, 2.75) is 4.90 Å². The number of hydrogen-bond donors (Lipinski definition) is 1. The van der Waals surface area contributed by atoms with Crippen molar-refractivity contribution in [1.82, 2.24) is 9.78 Å². The lowest BCUT2D eigenvalue weighted by molar-refractivity contribution is 0.0451. The van der Waals surface area contributed by atoms with E-state index in [9.17, 15) is 13.2 Å². The summed E-state index contributed by atoms with van der Waals surface area (Å²) in [6.07, 6.45) is 1.63. The molecule has 0 aliphatic heterocycles. The SMILES string of the molecule is COc1ccc(-c2nn(-c3ccccc3)cc2C(=O)OCCOc2ccc(S(N)(=O)=O)cc2)cc1. The predicted molar refractivity (Wildman–Crippen MR) is 129 cm³/mol. The Morgan fingerprint density at radius 1 is 0.914 bits per heavy atom. The Morgan fingerprint density at radius 2 is 1.57 bits per heavy atom. The molecule has 2 N–H and O–H groups in total. The van der Waals surface area contributed by atoms with Gasteiger partial charge in [0.15, 0.2) is 0 Å². The largest absolute Gasteiger partial charge is 0.497 e. The van der Waals surface area contributed by atoms with E-state index in [4.69, 9.17) is 19.3 Å². The van der Waals surface area contributed by atoms with Gasteiger partial charge in [0, 0.05) is 11.8 Å². The van der Waals surface area contributed by atoms with Gasteiger partial charge in [0.05, 0.1) is 17.7 Å². The van der Waals surface area contributed by atoms with E-state index >= 15 is 0 Å². The van der Waals surface area contributed by atoms with Gasteiger partial charge in [-0.3, -0.25) is 0 Å². The van der Waals surface area contributed by atoms with Crippen LogP contribution in [0.3, 0.4) is 0 Å². The number of primary sulfonamides is 1. The van der Waals surface area contributed by atoms with Crippen LogP contribution in [-0.2, 0) is 14.8 Å². The Morgan fingerprint density at radius 3 is 2.20 bits per heavy atom. The third-order valence-electron chi connectivity index (χ3n) is 5.06. The molecule has 0 radical (unpaired) electrons. The maximum atomic E-state index is 12.9. The van der Waals surface area contributed by atoms with Crippen LogP contribution in [-0.4, -0.2) is 44.5 Å². The summed E-state index contributed by atoms with van der Waals surface area (Å²) in [6, 6.07) is 22.3. The van der Waals surface area contributed by atoms with E-state index in [2.05, 4.69) is 5.10 Å². The van der Waals surface area contributed by atoms with Gasteiger partial charge in [-0.1, -0.05) is 18.2 Å². The number of benzene rings is 3. The van der Waals surface area contributed by atoms with Crippen LogP contribution in [0, 0.1) is 0 Å². The smallest absolute Gasteiger partial charge is 0.342 e. The average molecular weight is 494 g/mol. The Balaban J connectivity index is 1.47. The van der Waals surface area contributed by atoms with E-state index in [0.717, 1.165) is 11.3 Å². The average Bonchev–Trinajstić information content (AvgIpc) is 3.32. The van der Waals surface area contributed by atoms with E-state index in [0.29, 0.717) is 22.8 Å². The fourth-order valence-corrected chi connectivity index (χ4v) is 3.81. The van der Waals surface area contributed by atoms with Crippen molar-refractivity contribution in [3.8, 4) is 28.4 Å². The summed E-state index contributed by atoms with van der Waals surface area (Å²) in [6.45, 7) is 0.0551. The second-order valence-electron chi connectivity index (χ2n) is 7.40. The van der Waals surface area contributed by atoms with Crippen LogP contribution in [0.4, 0.5) is 0 Å². The first-order chi connectivity index (χ1) is 16.8. The number of esters is 1. The summed E-state index contributed by atoms with van der Waals surface area (Å²) in [4.78, 5) is 12.9. The van der Waals surface area contributed by atoms with Gasteiger partial charge < -0.3 is 14.2 Å². The first-order valence-electron chi connectivity index (χ1n) is 10.6. The fourth-order valence-electron chi connectivity index (χ4n) is 3.30. The van der Waals surface area contributed by atoms with E-state index in [1.54, 1.807) is 30.1 Å². The number of para-hydroxylation sites is 1. The third-order valence-corrected chi connectivity index (χ3v) is 5.99. The van der Waals surface area contributed by atoms with Crippen LogP contribution in [0.1, 0.15) is 10.4 Å². The Bertz CT molecular complexity index is 1400. The molecule has 0 amide bonds. The molecule has 9 nitrogen and oxygen atoms in total. The Hall–Kier alpha value is -4.15. The number of carbonyl (C=O) groups excluding carboxylic acids is 1. The summed E-state index contributed by atoms with van der Waals surface area (Å²) in [5.41, 5.74) is 2.31. The minimum absolute atomic E-state index is 0.0160. The zero-order valence-electron chi connectivity index (χ0n) is 18.8. The van der Waals surface area contributed by atoms with Crippen molar-refractivity contribution in [3.63, 3.8) is 0 Å². The molecular weight excluding hydrogens is 470 g/mol. The number of sulfonamides is 1. The standard InChI is InChI=1S/C25H23N3O6S/c1-32-20-9-7-18(8-10-20)24-23(17-28(27-24)19-5-3-2-4-6-19)25(29)34-16-15-33-21-11-13-22(14-12-21)35(26,30)31/h2-14,17H,15-16H2,1H3,(H2,26,30,31). The van der Waals surface area contributed by atoms with Crippen LogP contribution in [0.2, 0.25) is 0 Å². The van der Waals surface area contributed by atoms with Crippen molar-refractivity contribution in [3.05, 3.63) is 90.6 Å². The molecule has 0 spiro atoms. The number of ether oxygens (including phenoxy) is 3. The molecule has 10 heteroatoms. The van der Waals surface area contributed by atoms with Gasteiger partial charge in [0.1, 0.15) is 36.0 Å². The van der Waals surface area contributed by atoms with Crippen LogP contribution in [0.5, 0.6) is 11.5 Å². The summed E-state index contributed by atoms with van der Waals surface area (Å²) in [7, 11) is -2.19. The van der Waals surface area contributed by atoms with Crippen LogP contribution in [0.15, 0.2) is 90.0 Å². The van der Waals surface area contributed by atoms with Crippen molar-refractivity contribution in [2.24, 2.45) is 5.14 Å². The fraction of sp³-hybridized carbons (Fsp3) is 0.120. The maximum Gasteiger partial charge on any atom is 0.342 e. The highest BCUT2D eigenvalue weighted by atomic mass is 32.2. The first-order valence-corrected chi connectivity index (χ1v) is 12.1. The topological polar surface area (TPSA) is 123 Å². The second-order valence-corrected chi connectivity index (χ2v) is 8.96. The summed E-state index contributed by atoms with van der Waals surface area (Å²) >= 11 is 0. The second kappa shape index (κ2) is 10.4. The van der Waals surface area contributed by atoms with Gasteiger partial charge in [-0.15, -0.1) is 0 Å². The molecule has 0 atom stereocenters. The first kappa shape index (κ1) is 24.0. The number of carbonyl (C=O) groups is 1. The molecule has 35 heavy (non-hydrogen) atoms. The quantitative estimate of drug-likeness (QED) is 0.280. The van der Waals surface area contributed by atoms with Gasteiger partial charge in [-0.2, -0.15) is 5.10 Å². The summed E-state index contributed by atoms with van der Waals surface area (Å²) in [5.74, 6) is 0.560. The number of rotatable bonds is 9. The molecule has 0 fully saturated rings. The number of nitrogens with two attached hydrogens (primary N) is 1. The molecule has 1 heterocycles. The van der Waals surface area contributed by atoms with E-state index in [-0.39, 0.29) is 18.1 Å².